The van der Waals surface area contributed by atoms with Gasteiger partial charge in [-0.05, 0) is 30.5 Å². The normalized spacial score (nSPS) is 20.3. The van der Waals surface area contributed by atoms with Crippen molar-refractivity contribution < 1.29 is 13.2 Å². The molecule has 1 aliphatic rings. The number of nitrogens with zero attached hydrogens (tertiary/aromatic N) is 4. The van der Waals surface area contributed by atoms with E-state index in [4.69, 9.17) is 0 Å². The lowest BCUT2D eigenvalue weighted by molar-refractivity contribution is -0.137. The van der Waals surface area contributed by atoms with E-state index in [9.17, 15) is 18.0 Å². The number of rotatable bonds is 3. The number of aromatic nitrogens is 3. The van der Waals surface area contributed by atoms with E-state index in [0.717, 1.165) is 37.0 Å². The minimum atomic E-state index is -4.33. The molecular formula is C18H17F3N4OS. The SMILES string of the molecule is CN(c1nn2c(=O)ccnc2s1)[C@H]1CCC[C@@H]1c1ccc(C(F)(F)F)cc1. The van der Waals surface area contributed by atoms with E-state index in [1.807, 2.05) is 11.9 Å². The van der Waals surface area contributed by atoms with Crippen molar-refractivity contribution in [3.05, 3.63) is 58.0 Å². The van der Waals surface area contributed by atoms with E-state index in [1.54, 1.807) is 12.1 Å². The van der Waals surface area contributed by atoms with Gasteiger partial charge in [0.05, 0.1) is 5.56 Å². The van der Waals surface area contributed by atoms with Crippen LogP contribution in [0, 0.1) is 0 Å². The van der Waals surface area contributed by atoms with E-state index in [1.165, 1.54) is 28.1 Å². The molecule has 2 atom stereocenters. The van der Waals surface area contributed by atoms with Crippen LogP contribution in [0.25, 0.3) is 4.96 Å². The van der Waals surface area contributed by atoms with E-state index >= 15 is 0 Å². The maximum absolute atomic E-state index is 12.8. The molecule has 1 saturated carbocycles. The summed E-state index contributed by atoms with van der Waals surface area (Å²) in [6.45, 7) is 0. The summed E-state index contributed by atoms with van der Waals surface area (Å²) in [5, 5.41) is 5.04. The third-order valence-electron chi connectivity index (χ3n) is 5.10. The first-order chi connectivity index (χ1) is 12.8. The molecular weight excluding hydrogens is 377 g/mol. The van der Waals surface area contributed by atoms with Gasteiger partial charge < -0.3 is 4.90 Å². The fourth-order valence-electron chi connectivity index (χ4n) is 3.73. The summed E-state index contributed by atoms with van der Waals surface area (Å²) in [5.74, 6) is 0.119. The summed E-state index contributed by atoms with van der Waals surface area (Å²) in [5.41, 5.74) is 0.0288. The summed E-state index contributed by atoms with van der Waals surface area (Å²) in [4.78, 5) is 18.6. The fraction of sp³-hybridized carbons (Fsp3) is 0.389. The number of likely N-dealkylation sites (N-methyl/N-ethyl adjacent to an activating group) is 1. The van der Waals surface area contributed by atoms with Crippen molar-refractivity contribution in [1.29, 1.82) is 0 Å². The molecule has 2 heterocycles. The highest BCUT2D eigenvalue weighted by molar-refractivity contribution is 7.20. The smallest absolute Gasteiger partial charge is 0.346 e. The molecule has 0 unspecified atom stereocenters. The lowest BCUT2D eigenvalue weighted by Crippen LogP contribution is -2.33. The number of hydrogen-bond donors (Lipinski definition) is 0. The van der Waals surface area contributed by atoms with Crippen LogP contribution in [-0.4, -0.2) is 27.7 Å². The lowest BCUT2D eigenvalue weighted by Gasteiger charge is -2.29. The van der Waals surface area contributed by atoms with Gasteiger partial charge in [0, 0.05) is 31.3 Å². The molecule has 142 valence electrons. The Morgan fingerprint density at radius 2 is 1.93 bits per heavy atom. The molecule has 0 aliphatic heterocycles. The van der Waals surface area contributed by atoms with Crippen molar-refractivity contribution in [2.75, 3.05) is 11.9 Å². The predicted molar refractivity (Wildman–Crippen MR) is 97.4 cm³/mol. The zero-order valence-corrected chi connectivity index (χ0v) is 15.3. The number of benzene rings is 1. The van der Waals surface area contributed by atoms with Crippen LogP contribution in [0.3, 0.4) is 0 Å². The van der Waals surface area contributed by atoms with Gasteiger partial charge in [-0.1, -0.05) is 29.9 Å². The molecule has 9 heteroatoms. The van der Waals surface area contributed by atoms with Crippen molar-refractivity contribution in [2.24, 2.45) is 0 Å². The van der Waals surface area contributed by atoms with Crippen molar-refractivity contribution in [2.45, 2.75) is 37.4 Å². The molecule has 0 radical (unpaired) electrons. The fourth-order valence-corrected chi connectivity index (χ4v) is 4.63. The molecule has 1 aromatic carbocycles. The minimum Gasteiger partial charge on any atom is -0.346 e. The summed E-state index contributed by atoms with van der Waals surface area (Å²) in [6, 6.07) is 6.90. The molecule has 3 aromatic rings. The zero-order valence-electron chi connectivity index (χ0n) is 14.5. The Bertz CT molecular complexity index is 1010. The van der Waals surface area contributed by atoms with Crippen LogP contribution in [0.1, 0.15) is 36.3 Å². The molecule has 27 heavy (non-hydrogen) atoms. The maximum atomic E-state index is 12.8. The van der Waals surface area contributed by atoms with Gasteiger partial charge in [0.2, 0.25) is 10.1 Å². The summed E-state index contributed by atoms with van der Waals surface area (Å²) >= 11 is 1.33. The Morgan fingerprint density at radius 1 is 1.19 bits per heavy atom. The van der Waals surface area contributed by atoms with E-state index in [2.05, 4.69) is 10.1 Å². The monoisotopic (exact) mass is 394 g/mol. The number of halogens is 3. The van der Waals surface area contributed by atoms with E-state index < -0.39 is 11.7 Å². The molecule has 0 spiro atoms. The Kier molecular flexibility index (Phi) is 4.41. The van der Waals surface area contributed by atoms with Gasteiger partial charge in [-0.25, -0.2) is 4.98 Å². The third-order valence-corrected chi connectivity index (χ3v) is 6.12. The van der Waals surface area contributed by atoms with Gasteiger partial charge in [0.15, 0.2) is 0 Å². The van der Waals surface area contributed by atoms with Crippen molar-refractivity contribution >= 4 is 21.4 Å². The van der Waals surface area contributed by atoms with Gasteiger partial charge in [-0.2, -0.15) is 17.7 Å². The van der Waals surface area contributed by atoms with Crippen molar-refractivity contribution in [1.82, 2.24) is 14.6 Å². The molecule has 1 fully saturated rings. The summed E-state index contributed by atoms with van der Waals surface area (Å²) in [7, 11) is 1.91. The van der Waals surface area contributed by atoms with Crippen molar-refractivity contribution in [3.63, 3.8) is 0 Å². The molecule has 5 nitrogen and oxygen atoms in total. The number of hydrogen-bond acceptors (Lipinski definition) is 5. The van der Waals surface area contributed by atoms with Crippen molar-refractivity contribution in [3.8, 4) is 0 Å². The molecule has 4 rings (SSSR count). The Morgan fingerprint density at radius 3 is 2.59 bits per heavy atom. The van der Waals surface area contributed by atoms with Gasteiger partial charge in [-0.15, -0.1) is 5.10 Å². The molecule has 0 N–H and O–H groups in total. The van der Waals surface area contributed by atoms with Crippen LogP contribution in [0.2, 0.25) is 0 Å². The highest BCUT2D eigenvalue weighted by Crippen LogP contribution is 2.40. The van der Waals surface area contributed by atoms with Crippen LogP contribution in [-0.2, 0) is 6.18 Å². The molecule has 0 amide bonds. The van der Waals surface area contributed by atoms with Crippen LogP contribution in [0.15, 0.2) is 41.3 Å². The molecule has 0 bridgehead atoms. The summed E-state index contributed by atoms with van der Waals surface area (Å²) < 4.78 is 39.7. The average molecular weight is 394 g/mol. The summed E-state index contributed by atoms with van der Waals surface area (Å²) in [6.07, 6.45) is -0.0560. The number of fused-ring (bicyclic) bond motifs is 1. The van der Waals surface area contributed by atoms with Crippen LogP contribution in [0.5, 0.6) is 0 Å². The Balaban J connectivity index is 1.62. The topological polar surface area (TPSA) is 50.5 Å². The first kappa shape index (κ1) is 18.0. The standard InChI is InChI=1S/C18H17F3N4OS/c1-24(17-23-25-15(26)9-10-22-16(25)27-17)14-4-2-3-13(14)11-5-7-12(8-6-11)18(19,20)21/h5-10,13-14H,2-4H2,1H3/t13-,14+/m1/s1. The molecule has 1 aliphatic carbocycles. The molecule has 2 aromatic heterocycles. The first-order valence-corrected chi connectivity index (χ1v) is 9.41. The van der Waals surface area contributed by atoms with Gasteiger partial charge in [0.25, 0.3) is 5.56 Å². The number of anilines is 1. The second kappa shape index (κ2) is 6.63. The van der Waals surface area contributed by atoms with Gasteiger partial charge in [0.1, 0.15) is 0 Å². The lowest BCUT2D eigenvalue weighted by atomic mass is 9.92. The second-order valence-corrected chi connectivity index (χ2v) is 7.63. The Labute approximate surface area is 157 Å². The van der Waals surface area contributed by atoms with Crippen LogP contribution < -0.4 is 10.5 Å². The van der Waals surface area contributed by atoms with Gasteiger partial charge >= 0.3 is 6.18 Å². The maximum Gasteiger partial charge on any atom is 0.416 e. The predicted octanol–water partition coefficient (Wildman–Crippen LogP) is 3.94. The number of alkyl halides is 3. The molecule has 0 saturated heterocycles. The Hall–Kier alpha value is -2.42. The third kappa shape index (κ3) is 3.31. The highest BCUT2D eigenvalue weighted by Gasteiger charge is 2.34. The van der Waals surface area contributed by atoms with E-state index in [0.29, 0.717) is 10.1 Å². The average Bonchev–Trinajstić information content (AvgIpc) is 3.28. The first-order valence-electron chi connectivity index (χ1n) is 8.59. The second-order valence-electron chi connectivity index (χ2n) is 6.70. The largest absolute Gasteiger partial charge is 0.416 e. The van der Waals surface area contributed by atoms with Crippen LogP contribution in [0.4, 0.5) is 18.3 Å². The quantitative estimate of drug-likeness (QED) is 0.675. The van der Waals surface area contributed by atoms with Crippen LogP contribution >= 0.6 is 11.3 Å². The van der Waals surface area contributed by atoms with E-state index in [-0.39, 0.29) is 17.5 Å². The van der Waals surface area contributed by atoms with Gasteiger partial charge in [-0.3, -0.25) is 4.79 Å². The zero-order chi connectivity index (χ0) is 19.2. The minimum absolute atomic E-state index is 0.109. The highest BCUT2D eigenvalue weighted by atomic mass is 32.1.